The van der Waals surface area contributed by atoms with E-state index < -0.39 is 0 Å². The zero-order chi connectivity index (χ0) is 9.52. The van der Waals surface area contributed by atoms with Crippen LogP contribution in [0.4, 0.5) is 0 Å². The molecule has 0 aliphatic heterocycles. The van der Waals surface area contributed by atoms with E-state index in [0.717, 1.165) is 30.9 Å². The lowest BCUT2D eigenvalue weighted by Crippen LogP contribution is -2.19. The highest BCUT2D eigenvalue weighted by atomic mass is 32.1. The van der Waals surface area contributed by atoms with Crippen molar-refractivity contribution in [1.82, 2.24) is 10.3 Å². The van der Waals surface area contributed by atoms with Crippen molar-refractivity contribution in [2.45, 2.75) is 19.8 Å². The number of aliphatic hydroxyl groups is 1. The normalized spacial score (nSPS) is 10.6. The third-order valence-corrected chi connectivity index (χ3v) is 2.56. The van der Waals surface area contributed by atoms with Gasteiger partial charge in [-0.2, -0.15) is 0 Å². The Morgan fingerprint density at radius 3 is 3.00 bits per heavy atom. The molecule has 0 spiro atoms. The van der Waals surface area contributed by atoms with Crippen LogP contribution in [0.3, 0.4) is 0 Å². The molecule has 74 valence electrons. The molecule has 0 bridgehead atoms. The smallest absolute Gasteiger partial charge is 0.0897 e. The Morgan fingerprint density at radius 2 is 2.38 bits per heavy atom. The summed E-state index contributed by atoms with van der Waals surface area (Å²) >= 11 is 1.69. The number of aliphatic hydroxyl groups excluding tert-OH is 1. The third kappa shape index (κ3) is 4.36. The molecule has 0 aromatic carbocycles. The topological polar surface area (TPSA) is 45.2 Å². The number of rotatable bonds is 6. The van der Waals surface area contributed by atoms with Gasteiger partial charge in [-0.25, -0.2) is 4.98 Å². The number of nitrogens with zero attached hydrogens (tertiary/aromatic N) is 1. The molecule has 1 aromatic heterocycles. The van der Waals surface area contributed by atoms with Crippen LogP contribution in [0.15, 0.2) is 5.38 Å². The average molecular weight is 200 g/mol. The van der Waals surface area contributed by atoms with Crippen LogP contribution in [0.25, 0.3) is 0 Å². The highest BCUT2D eigenvalue weighted by Crippen LogP contribution is 2.07. The molecule has 0 saturated carbocycles. The minimum atomic E-state index is 0.267. The summed E-state index contributed by atoms with van der Waals surface area (Å²) in [6.07, 6.45) is 1.81. The van der Waals surface area contributed by atoms with Crippen LogP contribution in [0.2, 0.25) is 0 Å². The number of hydrogen-bond donors (Lipinski definition) is 2. The first-order valence-corrected chi connectivity index (χ1v) is 5.43. The first-order chi connectivity index (χ1) is 6.33. The molecule has 13 heavy (non-hydrogen) atoms. The van der Waals surface area contributed by atoms with E-state index >= 15 is 0 Å². The molecule has 1 heterocycles. The van der Waals surface area contributed by atoms with E-state index in [-0.39, 0.29) is 6.61 Å². The molecule has 0 fully saturated rings. The van der Waals surface area contributed by atoms with Gasteiger partial charge < -0.3 is 10.4 Å². The van der Waals surface area contributed by atoms with Gasteiger partial charge in [0.2, 0.25) is 0 Å². The summed E-state index contributed by atoms with van der Waals surface area (Å²) in [5.41, 5.74) is 1.17. The van der Waals surface area contributed by atoms with E-state index in [0.29, 0.717) is 0 Å². The largest absolute Gasteiger partial charge is 0.396 e. The summed E-state index contributed by atoms with van der Waals surface area (Å²) in [5.74, 6) is 0. The van der Waals surface area contributed by atoms with E-state index in [1.54, 1.807) is 11.3 Å². The summed E-state index contributed by atoms with van der Waals surface area (Å²) in [6.45, 7) is 4.12. The zero-order valence-corrected chi connectivity index (χ0v) is 8.73. The van der Waals surface area contributed by atoms with Crippen molar-refractivity contribution in [2.24, 2.45) is 0 Å². The Hall–Kier alpha value is -0.450. The van der Waals surface area contributed by atoms with E-state index in [1.807, 2.05) is 6.92 Å². The van der Waals surface area contributed by atoms with Crippen molar-refractivity contribution in [3.05, 3.63) is 16.1 Å². The predicted molar refractivity (Wildman–Crippen MR) is 55.1 cm³/mol. The Kier molecular flexibility index (Phi) is 4.97. The molecule has 2 N–H and O–H groups in total. The second kappa shape index (κ2) is 6.07. The molecule has 0 unspecified atom stereocenters. The van der Waals surface area contributed by atoms with Gasteiger partial charge in [0.05, 0.1) is 10.7 Å². The van der Waals surface area contributed by atoms with Crippen molar-refractivity contribution in [3.63, 3.8) is 0 Å². The molecule has 0 saturated heterocycles. The molecule has 0 aliphatic rings. The van der Waals surface area contributed by atoms with Crippen molar-refractivity contribution in [1.29, 1.82) is 0 Å². The molecule has 0 atom stereocenters. The number of nitrogens with one attached hydrogen (secondary N) is 1. The van der Waals surface area contributed by atoms with Crippen LogP contribution in [0.5, 0.6) is 0 Å². The van der Waals surface area contributed by atoms with Crippen LogP contribution in [-0.2, 0) is 6.42 Å². The first kappa shape index (κ1) is 10.6. The van der Waals surface area contributed by atoms with Gasteiger partial charge in [-0.15, -0.1) is 11.3 Å². The van der Waals surface area contributed by atoms with Crippen LogP contribution in [-0.4, -0.2) is 29.8 Å². The van der Waals surface area contributed by atoms with Gasteiger partial charge in [0.15, 0.2) is 0 Å². The summed E-state index contributed by atoms with van der Waals surface area (Å²) < 4.78 is 0. The SMILES string of the molecule is Cc1nc(CCNCCCO)cs1. The summed E-state index contributed by atoms with van der Waals surface area (Å²) in [6, 6.07) is 0. The molecule has 0 radical (unpaired) electrons. The van der Waals surface area contributed by atoms with Gasteiger partial charge in [0.25, 0.3) is 0 Å². The standard InChI is InChI=1S/C9H16N2OS/c1-8-11-9(7-13-8)3-5-10-4-2-6-12/h7,10,12H,2-6H2,1H3. The van der Waals surface area contributed by atoms with Gasteiger partial charge in [0.1, 0.15) is 0 Å². The van der Waals surface area contributed by atoms with E-state index in [2.05, 4.69) is 15.7 Å². The summed E-state index contributed by atoms with van der Waals surface area (Å²) in [7, 11) is 0. The second-order valence-electron chi connectivity index (χ2n) is 2.94. The first-order valence-electron chi connectivity index (χ1n) is 4.55. The molecule has 4 heteroatoms. The molecule has 3 nitrogen and oxygen atoms in total. The van der Waals surface area contributed by atoms with Gasteiger partial charge in [-0.3, -0.25) is 0 Å². The van der Waals surface area contributed by atoms with E-state index in [9.17, 15) is 0 Å². The Morgan fingerprint density at radius 1 is 1.54 bits per heavy atom. The fourth-order valence-corrected chi connectivity index (χ4v) is 1.72. The maximum Gasteiger partial charge on any atom is 0.0897 e. The summed E-state index contributed by atoms with van der Waals surface area (Å²) in [5, 5.41) is 15.0. The molecule has 0 amide bonds. The monoisotopic (exact) mass is 200 g/mol. The third-order valence-electron chi connectivity index (χ3n) is 1.74. The lowest BCUT2D eigenvalue weighted by molar-refractivity contribution is 0.286. The van der Waals surface area contributed by atoms with Gasteiger partial charge in [-0.05, 0) is 19.9 Å². The number of aryl methyl sites for hydroxylation is 1. The Labute approximate surface area is 82.8 Å². The molecular weight excluding hydrogens is 184 g/mol. The van der Waals surface area contributed by atoms with Gasteiger partial charge in [-0.1, -0.05) is 0 Å². The Balaban J connectivity index is 2.06. The quantitative estimate of drug-likeness (QED) is 0.672. The maximum atomic E-state index is 8.54. The lowest BCUT2D eigenvalue weighted by atomic mass is 10.3. The van der Waals surface area contributed by atoms with Crippen LogP contribution >= 0.6 is 11.3 Å². The highest BCUT2D eigenvalue weighted by Gasteiger charge is 1.96. The maximum absolute atomic E-state index is 8.54. The predicted octanol–water partition coefficient (Wildman–Crippen LogP) is 0.966. The molecule has 1 aromatic rings. The second-order valence-corrected chi connectivity index (χ2v) is 4.00. The fraction of sp³-hybridized carbons (Fsp3) is 0.667. The van der Waals surface area contributed by atoms with Crippen molar-refractivity contribution >= 4 is 11.3 Å². The van der Waals surface area contributed by atoms with Gasteiger partial charge >= 0.3 is 0 Å². The highest BCUT2D eigenvalue weighted by molar-refractivity contribution is 7.09. The lowest BCUT2D eigenvalue weighted by Gasteiger charge is -2.00. The van der Waals surface area contributed by atoms with Crippen molar-refractivity contribution in [3.8, 4) is 0 Å². The number of aromatic nitrogens is 1. The molecule has 1 rings (SSSR count). The average Bonchev–Trinajstić information content (AvgIpc) is 2.51. The minimum Gasteiger partial charge on any atom is -0.396 e. The fourth-order valence-electron chi connectivity index (χ4n) is 1.07. The molecular formula is C9H16N2OS. The Bertz CT molecular complexity index is 237. The van der Waals surface area contributed by atoms with Gasteiger partial charge in [0, 0.05) is 25.0 Å². The van der Waals surface area contributed by atoms with E-state index in [1.165, 1.54) is 5.69 Å². The molecule has 0 aliphatic carbocycles. The minimum absolute atomic E-state index is 0.267. The van der Waals surface area contributed by atoms with Crippen LogP contribution < -0.4 is 5.32 Å². The van der Waals surface area contributed by atoms with Crippen LogP contribution in [0, 0.1) is 6.92 Å². The van der Waals surface area contributed by atoms with Crippen molar-refractivity contribution < 1.29 is 5.11 Å². The van der Waals surface area contributed by atoms with E-state index in [4.69, 9.17) is 5.11 Å². The number of hydrogen-bond acceptors (Lipinski definition) is 4. The number of thiazole rings is 1. The van der Waals surface area contributed by atoms with Crippen LogP contribution in [0.1, 0.15) is 17.1 Å². The summed E-state index contributed by atoms with van der Waals surface area (Å²) in [4.78, 5) is 4.36. The zero-order valence-electron chi connectivity index (χ0n) is 7.92. The van der Waals surface area contributed by atoms with Crippen molar-refractivity contribution in [2.75, 3.05) is 19.7 Å².